The number of ether oxygens (including phenoxy) is 1. The highest BCUT2D eigenvalue weighted by atomic mass is 32.1. The van der Waals surface area contributed by atoms with Crippen LogP contribution in [-0.2, 0) is 24.3 Å². The van der Waals surface area contributed by atoms with Crippen LogP contribution in [0.3, 0.4) is 0 Å². The second kappa shape index (κ2) is 8.27. The zero-order valence-corrected chi connectivity index (χ0v) is 13.9. The molecule has 0 atom stereocenters. The Bertz CT molecular complexity index is 534. The highest BCUT2D eigenvalue weighted by Crippen LogP contribution is 2.13. The van der Waals surface area contributed by atoms with Gasteiger partial charge >= 0.3 is 0 Å². The number of thiazole rings is 1. The van der Waals surface area contributed by atoms with Gasteiger partial charge in [0.15, 0.2) is 0 Å². The van der Waals surface area contributed by atoms with Crippen LogP contribution in [0.1, 0.15) is 35.5 Å². The Balaban J connectivity index is 1.70. The highest BCUT2D eigenvalue weighted by molar-refractivity contribution is 7.09. The van der Waals surface area contributed by atoms with E-state index in [-0.39, 0.29) is 0 Å². The number of hydrogen-bond donors (Lipinski definition) is 1. The van der Waals surface area contributed by atoms with Crippen LogP contribution >= 0.6 is 11.3 Å². The minimum atomic E-state index is 0.517. The lowest BCUT2D eigenvalue weighted by Crippen LogP contribution is -2.21. The fourth-order valence-electron chi connectivity index (χ4n) is 2.00. The molecule has 0 aliphatic rings. The quantitative estimate of drug-likeness (QED) is 0.755. The van der Waals surface area contributed by atoms with Crippen LogP contribution in [-0.4, -0.2) is 17.6 Å². The van der Waals surface area contributed by atoms with Crippen molar-refractivity contribution in [1.29, 1.82) is 0 Å². The van der Waals surface area contributed by atoms with E-state index in [2.05, 4.69) is 55.3 Å². The van der Waals surface area contributed by atoms with Gasteiger partial charge in [0.05, 0.1) is 24.4 Å². The predicted molar refractivity (Wildman–Crippen MR) is 88.6 cm³/mol. The van der Waals surface area contributed by atoms with E-state index in [0.29, 0.717) is 12.6 Å². The Morgan fingerprint density at radius 2 is 1.90 bits per heavy atom. The third-order valence-corrected chi connectivity index (χ3v) is 4.32. The smallest absolute Gasteiger partial charge is 0.0797 e. The Hall–Kier alpha value is -1.23. The van der Waals surface area contributed by atoms with Crippen LogP contribution < -0.4 is 5.32 Å². The molecular weight excluding hydrogens is 280 g/mol. The molecule has 1 aromatic heterocycles. The molecule has 0 bridgehead atoms. The molecule has 0 aliphatic carbocycles. The van der Waals surface area contributed by atoms with Crippen molar-refractivity contribution in [1.82, 2.24) is 10.3 Å². The van der Waals surface area contributed by atoms with E-state index in [9.17, 15) is 0 Å². The number of rotatable bonds is 8. The van der Waals surface area contributed by atoms with Crippen LogP contribution in [0.5, 0.6) is 0 Å². The zero-order chi connectivity index (χ0) is 15.1. The van der Waals surface area contributed by atoms with Crippen LogP contribution in [0.4, 0.5) is 0 Å². The van der Waals surface area contributed by atoms with Gasteiger partial charge in [-0.1, -0.05) is 38.1 Å². The fraction of sp³-hybridized carbons (Fsp3) is 0.471. The maximum Gasteiger partial charge on any atom is 0.0797 e. The van der Waals surface area contributed by atoms with E-state index in [0.717, 1.165) is 25.3 Å². The van der Waals surface area contributed by atoms with Crippen molar-refractivity contribution < 1.29 is 4.74 Å². The first kappa shape index (κ1) is 16.1. The molecule has 1 heterocycles. The molecule has 2 aromatic rings. The van der Waals surface area contributed by atoms with E-state index >= 15 is 0 Å². The van der Waals surface area contributed by atoms with Crippen LogP contribution in [0, 0.1) is 6.92 Å². The van der Waals surface area contributed by atoms with Gasteiger partial charge in [-0.2, -0.15) is 0 Å². The van der Waals surface area contributed by atoms with Crippen molar-refractivity contribution in [2.24, 2.45) is 0 Å². The summed E-state index contributed by atoms with van der Waals surface area (Å²) in [6.45, 7) is 8.72. The van der Waals surface area contributed by atoms with Gasteiger partial charge in [-0.05, 0) is 18.1 Å². The first-order valence-corrected chi connectivity index (χ1v) is 8.31. The summed E-state index contributed by atoms with van der Waals surface area (Å²) in [4.78, 5) is 5.57. The van der Waals surface area contributed by atoms with E-state index in [4.69, 9.17) is 4.74 Å². The normalized spacial score (nSPS) is 11.2. The number of aryl methyl sites for hydroxylation is 1. The Labute approximate surface area is 131 Å². The Kier molecular flexibility index (Phi) is 6.36. The average Bonchev–Trinajstić information content (AvgIpc) is 2.88. The van der Waals surface area contributed by atoms with Crippen molar-refractivity contribution in [3.05, 3.63) is 51.5 Å². The standard InChI is InChI=1S/C17H24N2OS/c1-13(2)18-10-15-4-6-16(7-5-15)11-20-9-8-17-14(3)19-12-21-17/h4-7,12-13,18H,8-11H2,1-3H3. The molecule has 2 rings (SSSR count). The van der Waals surface area contributed by atoms with Crippen molar-refractivity contribution in [3.63, 3.8) is 0 Å². The summed E-state index contributed by atoms with van der Waals surface area (Å²) in [6, 6.07) is 9.15. The third kappa shape index (κ3) is 5.58. The van der Waals surface area contributed by atoms with Crippen molar-refractivity contribution in [2.75, 3.05) is 6.61 Å². The summed E-state index contributed by atoms with van der Waals surface area (Å²) in [6.07, 6.45) is 0.951. The number of aromatic nitrogens is 1. The average molecular weight is 304 g/mol. The van der Waals surface area contributed by atoms with Gasteiger partial charge in [0.2, 0.25) is 0 Å². The second-order valence-corrected chi connectivity index (χ2v) is 6.45. The summed E-state index contributed by atoms with van der Waals surface area (Å²) in [5, 5.41) is 3.42. The molecule has 21 heavy (non-hydrogen) atoms. The summed E-state index contributed by atoms with van der Waals surface area (Å²) in [7, 11) is 0. The van der Waals surface area contributed by atoms with Crippen LogP contribution in [0.15, 0.2) is 29.8 Å². The molecule has 1 N–H and O–H groups in total. The molecule has 1 aromatic carbocycles. The summed E-state index contributed by atoms with van der Waals surface area (Å²) in [5.74, 6) is 0. The van der Waals surface area contributed by atoms with Crippen molar-refractivity contribution in [3.8, 4) is 0 Å². The minimum Gasteiger partial charge on any atom is -0.376 e. The van der Waals surface area contributed by atoms with Gasteiger partial charge < -0.3 is 10.1 Å². The molecule has 4 heteroatoms. The predicted octanol–water partition coefficient (Wildman–Crippen LogP) is 3.71. The molecule has 0 aliphatic heterocycles. The van der Waals surface area contributed by atoms with Gasteiger partial charge in [-0.15, -0.1) is 11.3 Å². The fourth-order valence-corrected chi connectivity index (χ4v) is 2.76. The highest BCUT2D eigenvalue weighted by Gasteiger charge is 2.01. The second-order valence-electron chi connectivity index (χ2n) is 5.52. The molecular formula is C17H24N2OS. The van der Waals surface area contributed by atoms with Crippen molar-refractivity contribution >= 4 is 11.3 Å². The lowest BCUT2D eigenvalue weighted by molar-refractivity contribution is 0.124. The number of nitrogens with one attached hydrogen (secondary N) is 1. The summed E-state index contributed by atoms with van der Waals surface area (Å²) < 4.78 is 5.75. The Morgan fingerprint density at radius 3 is 2.52 bits per heavy atom. The van der Waals surface area contributed by atoms with Gasteiger partial charge in [0.25, 0.3) is 0 Å². The molecule has 3 nitrogen and oxygen atoms in total. The van der Waals surface area contributed by atoms with E-state index in [1.165, 1.54) is 16.0 Å². The Morgan fingerprint density at radius 1 is 1.19 bits per heavy atom. The largest absolute Gasteiger partial charge is 0.376 e. The monoisotopic (exact) mass is 304 g/mol. The lowest BCUT2D eigenvalue weighted by Gasteiger charge is -2.09. The lowest BCUT2D eigenvalue weighted by atomic mass is 10.1. The van der Waals surface area contributed by atoms with Gasteiger partial charge in [-0.25, -0.2) is 4.98 Å². The first-order chi connectivity index (χ1) is 10.1. The van der Waals surface area contributed by atoms with Crippen LogP contribution in [0.25, 0.3) is 0 Å². The number of hydrogen-bond acceptors (Lipinski definition) is 4. The molecule has 114 valence electrons. The van der Waals surface area contributed by atoms with Crippen LogP contribution in [0.2, 0.25) is 0 Å². The molecule has 0 unspecified atom stereocenters. The number of nitrogens with zero attached hydrogens (tertiary/aromatic N) is 1. The number of benzene rings is 1. The molecule has 0 fully saturated rings. The summed E-state index contributed by atoms with van der Waals surface area (Å²) >= 11 is 1.71. The van der Waals surface area contributed by atoms with Gasteiger partial charge in [0, 0.05) is 23.9 Å². The van der Waals surface area contributed by atoms with E-state index in [1.807, 2.05) is 5.51 Å². The van der Waals surface area contributed by atoms with E-state index in [1.54, 1.807) is 11.3 Å². The SMILES string of the molecule is Cc1ncsc1CCOCc1ccc(CNC(C)C)cc1. The zero-order valence-electron chi connectivity index (χ0n) is 13.1. The third-order valence-electron chi connectivity index (χ3n) is 3.32. The maximum absolute atomic E-state index is 5.75. The van der Waals surface area contributed by atoms with E-state index < -0.39 is 0 Å². The molecule has 0 radical (unpaired) electrons. The maximum atomic E-state index is 5.75. The van der Waals surface area contributed by atoms with Gasteiger partial charge in [0.1, 0.15) is 0 Å². The summed E-state index contributed by atoms with van der Waals surface area (Å²) in [5.41, 5.74) is 5.57. The van der Waals surface area contributed by atoms with Crippen molar-refractivity contribution in [2.45, 2.75) is 46.4 Å². The van der Waals surface area contributed by atoms with Gasteiger partial charge in [-0.3, -0.25) is 0 Å². The molecule has 0 saturated carbocycles. The molecule has 0 spiro atoms. The molecule has 0 amide bonds. The first-order valence-electron chi connectivity index (χ1n) is 7.43. The minimum absolute atomic E-state index is 0.517. The topological polar surface area (TPSA) is 34.1 Å². The molecule has 0 saturated heterocycles.